The number of nitrogens with one attached hydrogen (secondary N) is 1. The predicted octanol–water partition coefficient (Wildman–Crippen LogP) is 2.72. The SMILES string of the molecule is CCC1CN(C)CCCN1C(=O)c1cccc2cc[nH]c12. The molecule has 1 saturated heterocycles. The van der Waals surface area contributed by atoms with Crippen molar-refractivity contribution in [3.8, 4) is 0 Å². The Morgan fingerprint density at radius 2 is 2.19 bits per heavy atom. The van der Waals surface area contributed by atoms with Crippen LogP contribution in [0.2, 0.25) is 0 Å². The normalized spacial score (nSPS) is 20.7. The molecule has 1 atom stereocenters. The number of aromatic amines is 1. The average Bonchev–Trinajstić information content (AvgIpc) is 2.89. The summed E-state index contributed by atoms with van der Waals surface area (Å²) in [5.74, 6) is 0.158. The molecule has 1 aliphatic heterocycles. The maximum absolute atomic E-state index is 13.0. The minimum Gasteiger partial charge on any atom is -0.361 e. The van der Waals surface area contributed by atoms with Crippen LogP contribution < -0.4 is 0 Å². The zero-order valence-electron chi connectivity index (χ0n) is 12.8. The Morgan fingerprint density at radius 3 is 3.00 bits per heavy atom. The molecule has 0 radical (unpaired) electrons. The maximum Gasteiger partial charge on any atom is 0.256 e. The molecule has 1 aromatic heterocycles. The first kappa shape index (κ1) is 14.1. The van der Waals surface area contributed by atoms with Crippen LogP contribution in [0.1, 0.15) is 30.1 Å². The summed E-state index contributed by atoms with van der Waals surface area (Å²) >= 11 is 0. The number of nitrogens with zero attached hydrogens (tertiary/aromatic N) is 2. The molecule has 21 heavy (non-hydrogen) atoms. The Kier molecular flexibility index (Phi) is 3.97. The lowest BCUT2D eigenvalue weighted by molar-refractivity contribution is 0.0677. The van der Waals surface area contributed by atoms with Gasteiger partial charge in [0.1, 0.15) is 0 Å². The van der Waals surface area contributed by atoms with Crippen molar-refractivity contribution in [2.24, 2.45) is 0 Å². The summed E-state index contributed by atoms with van der Waals surface area (Å²) in [4.78, 5) is 20.6. The van der Waals surface area contributed by atoms with Crippen LogP contribution in [0.25, 0.3) is 10.9 Å². The molecule has 4 nitrogen and oxygen atoms in total. The van der Waals surface area contributed by atoms with E-state index >= 15 is 0 Å². The van der Waals surface area contributed by atoms with Crippen molar-refractivity contribution in [2.45, 2.75) is 25.8 Å². The zero-order valence-corrected chi connectivity index (χ0v) is 12.8. The highest BCUT2D eigenvalue weighted by Gasteiger charge is 2.27. The van der Waals surface area contributed by atoms with Gasteiger partial charge in [-0.25, -0.2) is 0 Å². The van der Waals surface area contributed by atoms with Gasteiger partial charge in [-0.15, -0.1) is 0 Å². The molecule has 1 aliphatic rings. The van der Waals surface area contributed by atoms with Crippen molar-refractivity contribution in [3.63, 3.8) is 0 Å². The summed E-state index contributed by atoms with van der Waals surface area (Å²) in [6, 6.07) is 8.25. The van der Waals surface area contributed by atoms with Gasteiger partial charge in [-0.3, -0.25) is 4.79 Å². The molecule has 112 valence electrons. The second-order valence-corrected chi connectivity index (χ2v) is 5.92. The van der Waals surface area contributed by atoms with E-state index in [1.807, 2.05) is 30.5 Å². The van der Waals surface area contributed by atoms with Crippen LogP contribution in [0, 0.1) is 0 Å². The van der Waals surface area contributed by atoms with Crippen LogP contribution in [0.4, 0.5) is 0 Å². The molecule has 1 fully saturated rings. The molecular formula is C17H23N3O. The lowest BCUT2D eigenvalue weighted by Gasteiger charge is -2.30. The molecule has 0 spiro atoms. The predicted molar refractivity (Wildman–Crippen MR) is 85.5 cm³/mol. The molecule has 2 aromatic rings. The number of amides is 1. The first-order chi connectivity index (χ1) is 10.2. The molecule has 1 amide bonds. The number of likely N-dealkylation sites (N-methyl/N-ethyl adjacent to an activating group) is 1. The number of carbonyl (C=O) groups is 1. The van der Waals surface area contributed by atoms with Crippen molar-refractivity contribution < 1.29 is 4.79 Å². The van der Waals surface area contributed by atoms with Gasteiger partial charge >= 0.3 is 0 Å². The molecular weight excluding hydrogens is 262 g/mol. The molecule has 0 bridgehead atoms. The fourth-order valence-electron chi connectivity index (χ4n) is 3.28. The first-order valence-electron chi connectivity index (χ1n) is 7.76. The van der Waals surface area contributed by atoms with Gasteiger partial charge in [0.2, 0.25) is 0 Å². The molecule has 1 aromatic carbocycles. The Morgan fingerprint density at radius 1 is 1.33 bits per heavy atom. The summed E-state index contributed by atoms with van der Waals surface area (Å²) in [5.41, 5.74) is 1.75. The average molecular weight is 285 g/mol. The number of para-hydroxylation sites is 1. The third-order valence-electron chi connectivity index (χ3n) is 4.45. The number of benzene rings is 1. The van der Waals surface area contributed by atoms with Gasteiger partial charge in [-0.1, -0.05) is 19.1 Å². The number of rotatable bonds is 2. The Hall–Kier alpha value is -1.81. The molecule has 3 rings (SSSR count). The van der Waals surface area contributed by atoms with Gasteiger partial charge in [0.25, 0.3) is 5.91 Å². The van der Waals surface area contributed by atoms with Crippen LogP contribution >= 0.6 is 0 Å². The molecule has 1 unspecified atom stereocenters. The van der Waals surface area contributed by atoms with E-state index in [2.05, 4.69) is 28.8 Å². The van der Waals surface area contributed by atoms with E-state index in [-0.39, 0.29) is 5.91 Å². The number of H-pyrrole nitrogens is 1. The minimum atomic E-state index is 0.158. The second-order valence-electron chi connectivity index (χ2n) is 5.92. The Balaban J connectivity index is 1.94. The van der Waals surface area contributed by atoms with Crippen LogP contribution in [0.3, 0.4) is 0 Å². The first-order valence-corrected chi connectivity index (χ1v) is 7.76. The summed E-state index contributed by atoms with van der Waals surface area (Å²) in [5, 5.41) is 1.10. The number of carbonyl (C=O) groups excluding carboxylic acids is 1. The molecule has 4 heteroatoms. The highest BCUT2D eigenvalue weighted by molar-refractivity contribution is 6.05. The van der Waals surface area contributed by atoms with Crippen molar-refractivity contribution >= 4 is 16.8 Å². The second kappa shape index (κ2) is 5.90. The van der Waals surface area contributed by atoms with E-state index in [4.69, 9.17) is 0 Å². The van der Waals surface area contributed by atoms with E-state index in [1.54, 1.807) is 0 Å². The number of aromatic nitrogens is 1. The molecule has 0 saturated carbocycles. The van der Waals surface area contributed by atoms with Gasteiger partial charge in [-0.05, 0) is 38.6 Å². The smallest absolute Gasteiger partial charge is 0.256 e. The van der Waals surface area contributed by atoms with Crippen molar-refractivity contribution in [1.82, 2.24) is 14.8 Å². The number of fused-ring (bicyclic) bond motifs is 1. The monoisotopic (exact) mass is 285 g/mol. The van der Waals surface area contributed by atoms with Crippen LogP contribution in [0.5, 0.6) is 0 Å². The zero-order chi connectivity index (χ0) is 14.8. The molecule has 0 aliphatic carbocycles. The third-order valence-corrected chi connectivity index (χ3v) is 4.45. The fraction of sp³-hybridized carbons (Fsp3) is 0.471. The summed E-state index contributed by atoms with van der Waals surface area (Å²) < 4.78 is 0. The quantitative estimate of drug-likeness (QED) is 0.921. The summed E-state index contributed by atoms with van der Waals surface area (Å²) in [6.45, 7) is 5.04. The van der Waals surface area contributed by atoms with Crippen LogP contribution in [-0.4, -0.2) is 53.4 Å². The van der Waals surface area contributed by atoms with E-state index in [1.165, 1.54) is 0 Å². The van der Waals surface area contributed by atoms with Crippen LogP contribution in [0.15, 0.2) is 30.5 Å². The lowest BCUT2D eigenvalue weighted by atomic mass is 10.1. The van der Waals surface area contributed by atoms with E-state index in [0.717, 1.165) is 48.9 Å². The molecule has 2 heterocycles. The number of hydrogen-bond acceptors (Lipinski definition) is 2. The Bertz CT molecular complexity index is 634. The van der Waals surface area contributed by atoms with E-state index in [9.17, 15) is 4.79 Å². The largest absolute Gasteiger partial charge is 0.361 e. The Labute approximate surface area is 125 Å². The fourth-order valence-corrected chi connectivity index (χ4v) is 3.28. The highest BCUT2D eigenvalue weighted by Crippen LogP contribution is 2.21. The van der Waals surface area contributed by atoms with E-state index < -0.39 is 0 Å². The minimum absolute atomic E-state index is 0.158. The summed E-state index contributed by atoms with van der Waals surface area (Å²) in [7, 11) is 2.14. The van der Waals surface area contributed by atoms with Gasteiger partial charge in [0, 0.05) is 30.7 Å². The third kappa shape index (κ3) is 2.68. The topological polar surface area (TPSA) is 39.3 Å². The van der Waals surface area contributed by atoms with Gasteiger partial charge in [0.05, 0.1) is 11.1 Å². The summed E-state index contributed by atoms with van der Waals surface area (Å²) in [6.07, 6.45) is 3.94. The number of hydrogen-bond donors (Lipinski definition) is 1. The van der Waals surface area contributed by atoms with Crippen LogP contribution in [-0.2, 0) is 0 Å². The van der Waals surface area contributed by atoms with Crippen molar-refractivity contribution in [1.29, 1.82) is 0 Å². The van der Waals surface area contributed by atoms with Gasteiger partial charge < -0.3 is 14.8 Å². The van der Waals surface area contributed by atoms with Gasteiger partial charge in [0.15, 0.2) is 0 Å². The lowest BCUT2D eigenvalue weighted by Crippen LogP contribution is -2.43. The highest BCUT2D eigenvalue weighted by atomic mass is 16.2. The molecule has 1 N–H and O–H groups in total. The van der Waals surface area contributed by atoms with Crippen molar-refractivity contribution in [2.75, 3.05) is 26.7 Å². The van der Waals surface area contributed by atoms with Gasteiger partial charge in [-0.2, -0.15) is 0 Å². The van der Waals surface area contributed by atoms with E-state index in [0.29, 0.717) is 6.04 Å². The van der Waals surface area contributed by atoms with Crippen molar-refractivity contribution in [3.05, 3.63) is 36.0 Å². The maximum atomic E-state index is 13.0. The standard InChI is InChI=1S/C17H23N3O/c1-3-14-12-19(2)10-5-11-20(14)17(21)15-7-4-6-13-8-9-18-16(13)15/h4,6-9,14,18H,3,5,10-12H2,1-2H3.